The first-order chi connectivity index (χ1) is 12.1. The predicted octanol–water partition coefficient (Wildman–Crippen LogP) is 5.82. The molecule has 1 aliphatic carbocycles. The van der Waals surface area contributed by atoms with Crippen molar-refractivity contribution in [2.24, 2.45) is 7.05 Å². The van der Waals surface area contributed by atoms with Crippen LogP contribution in [-0.2, 0) is 12.6 Å². The Morgan fingerprint density at radius 2 is 1.84 bits per heavy atom. The monoisotopic (exact) mass is 334 g/mol. The van der Waals surface area contributed by atoms with Gasteiger partial charge in [0.15, 0.2) is 0 Å². The minimum absolute atomic E-state index is 0.107. The van der Waals surface area contributed by atoms with Crippen molar-refractivity contribution in [2.75, 3.05) is 4.90 Å². The number of fused-ring (bicyclic) bond motifs is 4. The Bertz CT molecular complexity index is 942. The third-order valence-corrected chi connectivity index (χ3v) is 6.59. The van der Waals surface area contributed by atoms with Crippen LogP contribution in [0.3, 0.4) is 0 Å². The second-order valence-electron chi connectivity index (χ2n) is 7.89. The number of para-hydroxylation sites is 1. The molecule has 5 rings (SSSR count). The molecule has 2 aliphatic rings. The molecular weight excluding hydrogens is 308 g/mol. The summed E-state index contributed by atoms with van der Waals surface area (Å²) in [4.78, 5) is 2.73. The zero-order valence-corrected chi connectivity index (χ0v) is 15.4. The molecule has 3 heterocycles. The van der Waals surface area contributed by atoms with Gasteiger partial charge in [0.05, 0.1) is 23.5 Å². The molecule has 25 heavy (non-hydrogen) atoms. The molecule has 3 nitrogen and oxygen atoms in total. The van der Waals surface area contributed by atoms with Crippen LogP contribution in [0.15, 0.2) is 41.0 Å². The highest BCUT2D eigenvalue weighted by molar-refractivity contribution is 5.85. The second kappa shape index (κ2) is 5.17. The number of aromatic nitrogens is 1. The fourth-order valence-electron chi connectivity index (χ4n) is 5.66. The number of hydrogen-bond donors (Lipinski definition) is 0. The maximum Gasteiger partial charge on any atom is 0.206 e. The third kappa shape index (κ3) is 1.81. The van der Waals surface area contributed by atoms with Crippen molar-refractivity contribution >= 4 is 16.8 Å². The highest BCUT2D eigenvalue weighted by Crippen LogP contribution is 2.57. The molecule has 130 valence electrons. The number of anilines is 1. The summed E-state index contributed by atoms with van der Waals surface area (Å²) in [5, 5.41) is 1.30. The van der Waals surface area contributed by atoms with Gasteiger partial charge in [-0.05, 0) is 44.4 Å². The number of nitrogens with zero attached hydrogens (tertiary/aromatic N) is 2. The molecule has 0 N–H and O–H groups in total. The first-order valence-corrected chi connectivity index (χ1v) is 9.56. The summed E-state index contributed by atoms with van der Waals surface area (Å²) in [5.74, 6) is 0. The smallest absolute Gasteiger partial charge is 0.206 e. The van der Waals surface area contributed by atoms with Gasteiger partial charge in [-0.3, -0.25) is 0 Å². The summed E-state index contributed by atoms with van der Waals surface area (Å²) in [7, 11) is 2.19. The molecule has 1 fully saturated rings. The number of aryl methyl sites for hydroxylation is 2. The number of furan rings is 1. The normalized spacial score (nSPS) is 22.0. The average Bonchev–Trinajstić information content (AvgIpc) is 3.25. The third-order valence-electron chi connectivity index (χ3n) is 6.59. The van der Waals surface area contributed by atoms with E-state index in [2.05, 4.69) is 60.7 Å². The minimum Gasteiger partial charge on any atom is -0.448 e. The van der Waals surface area contributed by atoms with Gasteiger partial charge in [-0.1, -0.05) is 37.5 Å². The van der Waals surface area contributed by atoms with Crippen LogP contribution >= 0.6 is 0 Å². The molecule has 1 atom stereocenters. The van der Waals surface area contributed by atoms with Gasteiger partial charge in [-0.25, -0.2) is 0 Å². The Morgan fingerprint density at radius 1 is 1.08 bits per heavy atom. The van der Waals surface area contributed by atoms with Crippen LogP contribution in [0, 0.1) is 6.92 Å². The van der Waals surface area contributed by atoms with E-state index in [-0.39, 0.29) is 5.54 Å². The van der Waals surface area contributed by atoms with Crippen molar-refractivity contribution < 1.29 is 4.42 Å². The molecule has 3 heteroatoms. The molecular formula is C22H26N2O. The average molecular weight is 334 g/mol. The Balaban J connectivity index is 1.81. The maximum atomic E-state index is 5.84. The number of benzene rings is 1. The molecule has 0 bridgehead atoms. The van der Waals surface area contributed by atoms with Gasteiger partial charge in [-0.2, -0.15) is 0 Å². The molecule has 2 aromatic heterocycles. The molecule has 0 radical (unpaired) electrons. The van der Waals surface area contributed by atoms with Crippen molar-refractivity contribution in [3.63, 3.8) is 0 Å². The summed E-state index contributed by atoms with van der Waals surface area (Å²) in [6.45, 7) is 4.62. The summed E-state index contributed by atoms with van der Waals surface area (Å²) in [5.41, 5.74) is 6.88. The molecule has 0 unspecified atom stereocenters. The van der Waals surface area contributed by atoms with Gasteiger partial charge in [0.25, 0.3) is 0 Å². The largest absolute Gasteiger partial charge is 0.448 e. The highest BCUT2D eigenvalue weighted by atomic mass is 16.3. The van der Waals surface area contributed by atoms with Gasteiger partial charge >= 0.3 is 0 Å². The van der Waals surface area contributed by atoms with Crippen LogP contribution in [-0.4, -0.2) is 4.57 Å². The quantitative estimate of drug-likeness (QED) is 0.559. The number of hydrogen-bond acceptors (Lipinski definition) is 2. The molecule has 1 aromatic carbocycles. The van der Waals surface area contributed by atoms with Gasteiger partial charge < -0.3 is 13.9 Å². The van der Waals surface area contributed by atoms with Gasteiger partial charge in [0, 0.05) is 23.7 Å². The standard InChI is InChI=1S/C22H26N2O/c1-15-9-5-6-10-18(15)24-16(2)19-17-11-14-25-21(17)23(3)20(19)22(24)12-7-4-8-13-22/h5-6,9-11,14,16H,4,7-8,12-13H2,1-3H3/t16-/m0/s1. The van der Waals surface area contributed by atoms with Crippen molar-refractivity contribution in [1.82, 2.24) is 4.57 Å². The Morgan fingerprint density at radius 3 is 2.60 bits per heavy atom. The fraction of sp³-hybridized carbons (Fsp3) is 0.455. The van der Waals surface area contributed by atoms with E-state index in [0.717, 1.165) is 5.71 Å². The first-order valence-electron chi connectivity index (χ1n) is 9.56. The molecule has 1 aliphatic heterocycles. The topological polar surface area (TPSA) is 21.3 Å². The molecule has 0 amide bonds. The Hall–Kier alpha value is -2.16. The van der Waals surface area contributed by atoms with Crippen molar-refractivity contribution in [3.05, 3.63) is 53.4 Å². The van der Waals surface area contributed by atoms with Crippen molar-refractivity contribution in [2.45, 2.75) is 57.5 Å². The zero-order valence-electron chi connectivity index (χ0n) is 15.4. The second-order valence-corrected chi connectivity index (χ2v) is 7.89. The summed E-state index contributed by atoms with van der Waals surface area (Å²) < 4.78 is 8.18. The molecule has 1 spiro atoms. The van der Waals surface area contributed by atoms with E-state index in [0.29, 0.717) is 6.04 Å². The van der Waals surface area contributed by atoms with E-state index in [1.54, 1.807) is 0 Å². The number of rotatable bonds is 1. The van der Waals surface area contributed by atoms with Crippen molar-refractivity contribution in [3.8, 4) is 0 Å². The lowest BCUT2D eigenvalue weighted by Crippen LogP contribution is -2.45. The van der Waals surface area contributed by atoms with Crippen LogP contribution in [0.2, 0.25) is 0 Å². The maximum absolute atomic E-state index is 5.84. The Kier molecular flexibility index (Phi) is 3.13. The van der Waals surface area contributed by atoms with Gasteiger partial charge in [0.2, 0.25) is 5.71 Å². The SMILES string of the molecule is Cc1ccccc1N1[C@@H](C)c2c(n(C)c3occc23)C12CCCCC2. The summed E-state index contributed by atoms with van der Waals surface area (Å²) in [6.07, 6.45) is 8.27. The van der Waals surface area contributed by atoms with E-state index in [1.807, 2.05) is 6.26 Å². The van der Waals surface area contributed by atoms with Crippen LogP contribution < -0.4 is 4.90 Å². The predicted molar refractivity (Wildman–Crippen MR) is 102 cm³/mol. The minimum atomic E-state index is 0.107. The van der Waals surface area contributed by atoms with E-state index in [9.17, 15) is 0 Å². The van der Waals surface area contributed by atoms with Gasteiger partial charge in [0.1, 0.15) is 0 Å². The lowest BCUT2D eigenvalue weighted by Gasteiger charge is -2.46. The van der Waals surface area contributed by atoms with E-state index in [1.165, 1.54) is 60.0 Å². The lowest BCUT2D eigenvalue weighted by atomic mass is 9.78. The first kappa shape index (κ1) is 15.1. The zero-order chi connectivity index (χ0) is 17.2. The fourth-order valence-corrected chi connectivity index (χ4v) is 5.66. The van der Waals surface area contributed by atoms with E-state index < -0.39 is 0 Å². The van der Waals surface area contributed by atoms with Crippen molar-refractivity contribution in [1.29, 1.82) is 0 Å². The van der Waals surface area contributed by atoms with E-state index in [4.69, 9.17) is 4.42 Å². The van der Waals surface area contributed by atoms with Crippen LogP contribution in [0.5, 0.6) is 0 Å². The Labute approximate surface area is 149 Å². The summed E-state index contributed by atoms with van der Waals surface area (Å²) in [6, 6.07) is 11.4. The molecule has 0 saturated heterocycles. The van der Waals surface area contributed by atoms with Crippen LogP contribution in [0.25, 0.3) is 11.1 Å². The molecule has 1 saturated carbocycles. The summed E-state index contributed by atoms with van der Waals surface area (Å²) >= 11 is 0. The lowest BCUT2D eigenvalue weighted by molar-refractivity contribution is 0.272. The van der Waals surface area contributed by atoms with Crippen LogP contribution in [0.1, 0.15) is 61.9 Å². The highest BCUT2D eigenvalue weighted by Gasteiger charge is 2.52. The molecule has 3 aromatic rings. The van der Waals surface area contributed by atoms with Crippen LogP contribution in [0.4, 0.5) is 5.69 Å². The van der Waals surface area contributed by atoms with E-state index >= 15 is 0 Å². The van der Waals surface area contributed by atoms with Gasteiger partial charge in [-0.15, -0.1) is 0 Å².